The fourth-order valence-electron chi connectivity index (χ4n) is 6.72. The number of likely N-dealkylation sites (N-methyl/N-ethyl adjacent to an activating group) is 2. The van der Waals surface area contributed by atoms with E-state index in [0.717, 1.165) is 97.6 Å². The standard InChI is InChI=1S/C43H86Cl2N8O6/c1-5-7-25-52(27-13-17-38(54)15-9-11-19-42(58)48-23-31-50(29-21-46-3)35-40(56)33-44)37-53(26-8-6-2)28-14-18-39(55)16-10-12-20-43(59)49-24-32-51(30-22-47-4)36-41(57)34-45/h40-41,46-47,56-57H,5-37H2,1-4H3,(H,48,58)(H,49,59). The first-order valence-corrected chi connectivity index (χ1v) is 23.8. The van der Waals surface area contributed by atoms with Gasteiger partial charge in [-0.05, 0) is 91.6 Å². The van der Waals surface area contributed by atoms with Gasteiger partial charge < -0.3 is 31.5 Å². The van der Waals surface area contributed by atoms with Crippen LogP contribution in [0.1, 0.15) is 117 Å². The zero-order valence-corrected chi connectivity index (χ0v) is 39.1. The maximum absolute atomic E-state index is 12.7. The molecule has 6 N–H and O–H groups in total. The van der Waals surface area contributed by atoms with Crippen LogP contribution >= 0.6 is 23.2 Å². The van der Waals surface area contributed by atoms with Crippen molar-refractivity contribution >= 4 is 46.6 Å². The largest absolute Gasteiger partial charge is 0.391 e. The Balaban J connectivity index is 4.48. The summed E-state index contributed by atoms with van der Waals surface area (Å²) in [6, 6.07) is 0. The molecule has 0 aliphatic rings. The SMILES string of the molecule is CCCCN(CCCC(=O)CCCCC(=O)NCCN(CCNC)CC(O)CCl)CN(CCCC)CCCC(=O)CCCCC(=O)NCCN(CCNC)CC(O)CCl. The summed E-state index contributed by atoms with van der Waals surface area (Å²) in [6.45, 7) is 15.2. The Hall–Kier alpha value is -1.46. The zero-order chi connectivity index (χ0) is 43.9. The number of rotatable bonds is 44. The number of Topliss-reactive ketones (excluding diaryl/α,β-unsaturated/α-hetero) is 2. The van der Waals surface area contributed by atoms with E-state index in [1.54, 1.807) is 0 Å². The monoisotopic (exact) mass is 881 g/mol. The van der Waals surface area contributed by atoms with E-state index in [2.05, 4.69) is 54.7 Å². The van der Waals surface area contributed by atoms with Crippen LogP contribution in [0.15, 0.2) is 0 Å². The molecule has 0 radical (unpaired) electrons. The van der Waals surface area contributed by atoms with E-state index < -0.39 is 12.2 Å². The molecule has 0 aromatic rings. The number of aliphatic hydroxyl groups is 2. The number of carbonyl (C=O) groups is 4. The summed E-state index contributed by atoms with van der Waals surface area (Å²) >= 11 is 11.5. The van der Waals surface area contributed by atoms with Gasteiger partial charge in [0.2, 0.25) is 11.8 Å². The molecule has 14 nitrogen and oxygen atoms in total. The van der Waals surface area contributed by atoms with Crippen LogP contribution in [0.5, 0.6) is 0 Å². The summed E-state index contributed by atoms with van der Waals surface area (Å²) < 4.78 is 0. The van der Waals surface area contributed by atoms with Gasteiger partial charge in [0.15, 0.2) is 0 Å². The minimum Gasteiger partial charge on any atom is -0.391 e. The number of nitrogens with one attached hydrogen (secondary N) is 4. The molecule has 0 heterocycles. The van der Waals surface area contributed by atoms with Crippen molar-refractivity contribution in [3.63, 3.8) is 0 Å². The van der Waals surface area contributed by atoms with Crippen molar-refractivity contribution in [2.45, 2.75) is 129 Å². The third-order valence-electron chi connectivity index (χ3n) is 10.3. The molecule has 16 heteroatoms. The molecule has 0 bridgehead atoms. The minimum absolute atomic E-state index is 0.0121. The van der Waals surface area contributed by atoms with Crippen molar-refractivity contribution in [2.75, 3.05) is 124 Å². The number of alkyl halides is 2. The summed E-state index contributed by atoms with van der Waals surface area (Å²) in [6.07, 6.45) is 10.5. The highest BCUT2D eigenvalue weighted by molar-refractivity contribution is 6.18. The average molecular weight is 882 g/mol. The van der Waals surface area contributed by atoms with Gasteiger partial charge in [0.25, 0.3) is 0 Å². The molecule has 0 aliphatic carbocycles. The predicted octanol–water partition coefficient (Wildman–Crippen LogP) is 3.44. The quantitative estimate of drug-likeness (QED) is 0.0300. The molecule has 0 rings (SSSR count). The molecule has 2 unspecified atom stereocenters. The second kappa shape index (κ2) is 40.6. The topological polar surface area (TPSA) is 170 Å². The molecular weight excluding hydrogens is 795 g/mol. The fourth-order valence-corrected chi connectivity index (χ4v) is 6.92. The van der Waals surface area contributed by atoms with Crippen molar-refractivity contribution < 1.29 is 29.4 Å². The summed E-state index contributed by atoms with van der Waals surface area (Å²) in [5.41, 5.74) is 0. The smallest absolute Gasteiger partial charge is 0.220 e. The molecular formula is C43H86Cl2N8O6. The number of aliphatic hydroxyl groups excluding tert-OH is 2. The van der Waals surface area contributed by atoms with Gasteiger partial charge in [0.05, 0.1) is 18.9 Å². The van der Waals surface area contributed by atoms with E-state index in [-0.39, 0.29) is 35.1 Å². The summed E-state index contributed by atoms with van der Waals surface area (Å²) in [5.74, 6) is 0.840. The summed E-state index contributed by atoms with van der Waals surface area (Å²) in [5, 5.41) is 31.9. The van der Waals surface area contributed by atoms with E-state index in [1.807, 2.05) is 14.1 Å². The fraction of sp³-hybridized carbons (Fsp3) is 0.907. The summed E-state index contributed by atoms with van der Waals surface area (Å²) in [4.78, 5) is 59.3. The van der Waals surface area contributed by atoms with Crippen LogP contribution in [0.2, 0.25) is 0 Å². The average Bonchev–Trinajstić information content (AvgIpc) is 3.22. The maximum atomic E-state index is 12.7. The highest BCUT2D eigenvalue weighted by Gasteiger charge is 2.15. The Kier molecular flexibility index (Phi) is 39.6. The number of halogens is 2. The van der Waals surface area contributed by atoms with Crippen molar-refractivity contribution in [2.24, 2.45) is 0 Å². The van der Waals surface area contributed by atoms with Crippen LogP contribution in [0.4, 0.5) is 0 Å². The Labute approximate surface area is 368 Å². The molecule has 59 heavy (non-hydrogen) atoms. The van der Waals surface area contributed by atoms with Gasteiger partial charge in [-0.2, -0.15) is 0 Å². The molecule has 0 fully saturated rings. The number of hydrogen-bond donors (Lipinski definition) is 6. The normalized spacial score (nSPS) is 12.8. The van der Waals surface area contributed by atoms with Gasteiger partial charge in [-0.15, -0.1) is 23.2 Å². The Morgan fingerprint density at radius 1 is 0.475 bits per heavy atom. The van der Waals surface area contributed by atoms with Gasteiger partial charge in [-0.25, -0.2) is 0 Å². The molecule has 0 saturated heterocycles. The lowest BCUT2D eigenvalue weighted by molar-refractivity contribution is -0.122. The van der Waals surface area contributed by atoms with E-state index in [1.165, 1.54) is 0 Å². The van der Waals surface area contributed by atoms with E-state index in [0.29, 0.717) is 103 Å². The molecule has 0 aromatic heterocycles. The Bertz CT molecular complexity index is 974. The predicted molar refractivity (Wildman–Crippen MR) is 243 cm³/mol. The van der Waals surface area contributed by atoms with Crippen molar-refractivity contribution in [1.29, 1.82) is 0 Å². The van der Waals surface area contributed by atoms with E-state index in [9.17, 15) is 29.4 Å². The number of carbonyl (C=O) groups excluding carboxylic acids is 4. The third kappa shape index (κ3) is 35.8. The first-order chi connectivity index (χ1) is 28.5. The molecule has 0 saturated carbocycles. The second-order valence-corrected chi connectivity index (χ2v) is 16.5. The summed E-state index contributed by atoms with van der Waals surface area (Å²) in [7, 11) is 3.76. The van der Waals surface area contributed by atoms with E-state index >= 15 is 0 Å². The zero-order valence-electron chi connectivity index (χ0n) is 37.6. The van der Waals surface area contributed by atoms with Gasteiger partial charge in [0, 0.05) is 116 Å². The first-order valence-electron chi connectivity index (χ1n) is 22.7. The number of nitrogens with zero attached hydrogens (tertiary/aromatic N) is 4. The van der Waals surface area contributed by atoms with Gasteiger partial charge in [-0.1, -0.05) is 26.7 Å². The van der Waals surface area contributed by atoms with Crippen molar-refractivity contribution in [3.8, 4) is 0 Å². The van der Waals surface area contributed by atoms with Gasteiger partial charge >= 0.3 is 0 Å². The second-order valence-electron chi connectivity index (χ2n) is 15.9. The Morgan fingerprint density at radius 3 is 1.17 bits per heavy atom. The van der Waals surface area contributed by atoms with Crippen LogP contribution in [-0.4, -0.2) is 190 Å². The number of amides is 2. The highest BCUT2D eigenvalue weighted by Crippen LogP contribution is 2.10. The highest BCUT2D eigenvalue weighted by atomic mass is 35.5. The van der Waals surface area contributed by atoms with Crippen LogP contribution < -0.4 is 21.3 Å². The van der Waals surface area contributed by atoms with Crippen LogP contribution in [0, 0.1) is 0 Å². The maximum Gasteiger partial charge on any atom is 0.220 e. The van der Waals surface area contributed by atoms with Gasteiger partial charge in [-0.3, -0.25) is 38.8 Å². The molecule has 2 atom stereocenters. The minimum atomic E-state index is -0.597. The molecule has 0 aliphatic heterocycles. The molecule has 348 valence electrons. The van der Waals surface area contributed by atoms with Crippen LogP contribution in [0.3, 0.4) is 0 Å². The third-order valence-corrected chi connectivity index (χ3v) is 11.0. The van der Waals surface area contributed by atoms with Gasteiger partial charge in [0.1, 0.15) is 11.6 Å². The molecule has 2 amide bonds. The van der Waals surface area contributed by atoms with E-state index in [4.69, 9.17) is 23.2 Å². The lowest BCUT2D eigenvalue weighted by atomic mass is 10.1. The molecule has 0 aromatic carbocycles. The Morgan fingerprint density at radius 2 is 0.814 bits per heavy atom. The molecule has 0 spiro atoms. The van der Waals surface area contributed by atoms with Crippen LogP contribution in [0.25, 0.3) is 0 Å². The first kappa shape index (κ1) is 57.5. The lowest BCUT2D eigenvalue weighted by Gasteiger charge is -2.30. The number of ketones is 2. The van der Waals surface area contributed by atoms with Crippen LogP contribution in [-0.2, 0) is 19.2 Å². The lowest BCUT2D eigenvalue weighted by Crippen LogP contribution is -2.42. The van der Waals surface area contributed by atoms with Crippen molar-refractivity contribution in [3.05, 3.63) is 0 Å². The number of hydrogen-bond acceptors (Lipinski definition) is 12. The van der Waals surface area contributed by atoms with Crippen molar-refractivity contribution in [1.82, 2.24) is 40.9 Å². The number of unbranched alkanes of at least 4 members (excludes halogenated alkanes) is 4.